The third-order valence-electron chi connectivity index (χ3n) is 14.1. The summed E-state index contributed by atoms with van der Waals surface area (Å²) in [5.74, 6) is 0. The van der Waals surface area contributed by atoms with Crippen LogP contribution in [-0.4, -0.2) is 9.13 Å². The molecule has 0 spiro atoms. The third kappa shape index (κ3) is 5.88. The Balaban J connectivity index is 1.04. The molecule has 0 fully saturated rings. The number of fused-ring (bicyclic) bond motifs is 9. The Bertz CT molecular complexity index is 3770. The highest BCUT2D eigenvalue weighted by Gasteiger charge is 2.35. The maximum Gasteiger partial charge on any atom is 0.0547 e. The standard InChI is InChI=1S/C63H44N2/c1-63(2)57-24-14-12-22-51(57)52-31-29-50(40-58(52)63)65-60-32-27-43(45-26-30-54-53-23-13-15-25-59(53)64(62(54)39-45)49-20-10-5-11-21-49)37-55(60)56-38-44(28-33-61(56)65)48-35-46(41-16-6-3-7-17-41)34-47(36-48)42-18-8-4-9-19-42/h3-40H,1-2H3. The molecule has 2 heteroatoms. The molecule has 306 valence electrons. The molecule has 2 heterocycles. The fraction of sp³-hybridized carbons (Fsp3) is 0.0476. The number of para-hydroxylation sites is 2. The lowest BCUT2D eigenvalue weighted by molar-refractivity contribution is 0.660. The molecule has 2 nitrogen and oxygen atoms in total. The van der Waals surface area contributed by atoms with Crippen LogP contribution in [0.1, 0.15) is 25.0 Å². The van der Waals surface area contributed by atoms with E-state index in [9.17, 15) is 0 Å². The minimum atomic E-state index is -0.109. The zero-order valence-corrected chi connectivity index (χ0v) is 36.3. The first kappa shape index (κ1) is 37.4. The summed E-state index contributed by atoms with van der Waals surface area (Å²) in [5, 5.41) is 4.97. The molecule has 1 aliphatic carbocycles. The Morgan fingerprint density at radius 2 is 0.738 bits per heavy atom. The van der Waals surface area contributed by atoms with Gasteiger partial charge in [-0.1, -0.05) is 166 Å². The van der Waals surface area contributed by atoms with Gasteiger partial charge in [0.1, 0.15) is 0 Å². The summed E-state index contributed by atoms with van der Waals surface area (Å²) in [4.78, 5) is 0. The summed E-state index contributed by atoms with van der Waals surface area (Å²) >= 11 is 0. The molecule has 65 heavy (non-hydrogen) atoms. The number of benzene rings is 10. The molecule has 0 N–H and O–H groups in total. The number of rotatable bonds is 6. The van der Waals surface area contributed by atoms with Gasteiger partial charge in [0.2, 0.25) is 0 Å². The molecule has 0 atom stereocenters. The van der Waals surface area contributed by atoms with Crippen LogP contribution >= 0.6 is 0 Å². The summed E-state index contributed by atoms with van der Waals surface area (Å²) in [5.41, 5.74) is 22.0. The highest BCUT2D eigenvalue weighted by atomic mass is 15.0. The average Bonchev–Trinajstić information content (AvgIpc) is 3.96. The van der Waals surface area contributed by atoms with E-state index in [1.165, 1.54) is 116 Å². The minimum Gasteiger partial charge on any atom is -0.309 e. The number of aromatic nitrogens is 2. The summed E-state index contributed by atoms with van der Waals surface area (Å²) in [6.45, 7) is 4.74. The van der Waals surface area contributed by atoms with Gasteiger partial charge in [0, 0.05) is 38.3 Å². The van der Waals surface area contributed by atoms with E-state index in [4.69, 9.17) is 0 Å². The Morgan fingerprint density at radius 3 is 1.42 bits per heavy atom. The molecule has 13 rings (SSSR count). The van der Waals surface area contributed by atoms with Crippen LogP contribution in [0.4, 0.5) is 0 Å². The van der Waals surface area contributed by atoms with Crippen molar-refractivity contribution in [2.75, 3.05) is 0 Å². The van der Waals surface area contributed by atoms with Crippen LogP contribution in [0.2, 0.25) is 0 Å². The molecule has 1 aliphatic rings. The van der Waals surface area contributed by atoms with Crippen molar-refractivity contribution in [3.63, 3.8) is 0 Å². The first-order valence-electron chi connectivity index (χ1n) is 22.7. The van der Waals surface area contributed by atoms with Gasteiger partial charge in [0.05, 0.1) is 22.1 Å². The Hall–Kier alpha value is -8.20. The first-order chi connectivity index (χ1) is 32.0. The molecule has 0 bridgehead atoms. The highest BCUT2D eigenvalue weighted by Crippen LogP contribution is 2.50. The second-order valence-corrected chi connectivity index (χ2v) is 18.2. The van der Waals surface area contributed by atoms with E-state index in [0.717, 1.165) is 5.69 Å². The van der Waals surface area contributed by atoms with E-state index in [2.05, 4.69) is 254 Å². The Morgan fingerprint density at radius 1 is 0.262 bits per heavy atom. The molecule has 0 saturated heterocycles. The second-order valence-electron chi connectivity index (χ2n) is 18.2. The van der Waals surface area contributed by atoms with Gasteiger partial charge < -0.3 is 9.13 Å². The van der Waals surface area contributed by atoms with Gasteiger partial charge in [-0.25, -0.2) is 0 Å². The molecule has 10 aromatic carbocycles. The van der Waals surface area contributed by atoms with Gasteiger partial charge in [-0.3, -0.25) is 0 Å². The summed E-state index contributed by atoms with van der Waals surface area (Å²) in [6, 6.07) is 85.3. The van der Waals surface area contributed by atoms with Crippen molar-refractivity contribution in [3.8, 4) is 67.0 Å². The first-order valence-corrected chi connectivity index (χ1v) is 22.7. The fourth-order valence-electron chi connectivity index (χ4n) is 10.9. The van der Waals surface area contributed by atoms with Gasteiger partial charge in [-0.2, -0.15) is 0 Å². The van der Waals surface area contributed by atoms with E-state index >= 15 is 0 Å². The molecule has 0 unspecified atom stereocenters. The van der Waals surface area contributed by atoms with E-state index in [1.54, 1.807) is 0 Å². The molecule has 0 aliphatic heterocycles. The lowest BCUT2D eigenvalue weighted by Gasteiger charge is -2.22. The van der Waals surface area contributed by atoms with Crippen LogP contribution in [0.15, 0.2) is 231 Å². The maximum atomic E-state index is 2.49. The van der Waals surface area contributed by atoms with Crippen molar-refractivity contribution >= 4 is 43.6 Å². The highest BCUT2D eigenvalue weighted by molar-refractivity contribution is 6.13. The zero-order chi connectivity index (χ0) is 43.2. The predicted molar refractivity (Wildman–Crippen MR) is 274 cm³/mol. The van der Waals surface area contributed by atoms with Crippen molar-refractivity contribution in [2.24, 2.45) is 0 Å². The normalized spacial score (nSPS) is 12.9. The quantitative estimate of drug-likeness (QED) is 0.158. The van der Waals surface area contributed by atoms with Gasteiger partial charge in [-0.05, 0) is 146 Å². The van der Waals surface area contributed by atoms with Crippen molar-refractivity contribution in [1.82, 2.24) is 9.13 Å². The van der Waals surface area contributed by atoms with Crippen molar-refractivity contribution in [2.45, 2.75) is 19.3 Å². The molecular formula is C63H44N2. The topological polar surface area (TPSA) is 9.86 Å². The van der Waals surface area contributed by atoms with E-state index in [0.29, 0.717) is 0 Å². The largest absolute Gasteiger partial charge is 0.309 e. The van der Waals surface area contributed by atoms with Crippen LogP contribution < -0.4 is 0 Å². The Labute approximate surface area is 378 Å². The average molecular weight is 829 g/mol. The summed E-state index contributed by atoms with van der Waals surface area (Å²) < 4.78 is 4.90. The molecule has 2 aromatic heterocycles. The molecule has 0 radical (unpaired) electrons. The number of nitrogens with zero attached hydrogens (tertiary/aromatic N) is 2. The van der Waals surface area contributed by atoms with Crippen LogP contribution in [-0.2, 0) is 5.41 Å². The van der Waals surface area contributed by atoms with Crippen LogP contribution in [0.5, 0.6) is 0 Å². The molecule has 0 amide bonds. The van der Waals surface area contributed by atoms with Gasteiger partial charge >= 0.3 is 0 Å². The fourth-order valence-corrected chi connectivity index (χ4v) is 10.9. The van der Waals surface area contributed by atoms with Gasteiger partial charge in [0.15, 0.2) is 0 Å². The zero-order valence-electron chi connectivity index (χ0n) is 36.3. The lowest BCUT2D eigenvalue weighted by atomic mass is 9.82. The van der Waals surface area contributed by atoms with Gasteiger partial charge in [0.25, 0.3) is 0 Å². The molecule has 0 saturated carbocycles. The van der Waals surface area contributed by atoms with E-state index in [-0.39, 0.29) is 5.41 Å². The summed E-state index contributed by atoms with van der Waals surface area (Å²) in [6.07, 6.45) is 0. The lowest BCUT2D eigenvalue weighted by Crippen LogP contribution is -2.15. The minimum absolute atomic E-state index is 0.109. The van der Waals surface area contributed by atoms with Crippen LogP contribution in [0.25, 0.3) is 111 Å². The smallest absolute Gasteiger partial charge is 0.0547 e. The number of hydrogen-bond donors (Lipinski definition) is 0. The SMILES string of the molecule is CC1(C)c2ccccc2-c2ccc(-n3c4ccc(-c5cc(-c6ccccc6)cc(-c6ccccc6)c5)cc4c4cc(-c5ccc6c7ccccc7n(-c7ccccc7)c6c5)ccc43)cc21. The van der Waals surface area contributed by atoms with E-state index < -0.39 is 0 Å². The van der Waals surface area contributed by atoms with Crippen LogP contribution in [0, 0.1) is 0 Å². The van der Waals surface area contributed by atoms with E-state index in [1.807, 2.05) is 0 Å². The summed E-state index contributed by atoms with van der Waals surface area (Å²) in [7, 11) is 0. The monoisotopic (exact) mass is 828 g/mol. The van der Waals surface area contributed by atoms with Crippen LogP contribution in [0.3, 0.4) is 0 Å². The Kier molecular flexibility index (Phi) is 8.29. The molecule has 12 aromatic rings. The van der Waals surface area contributed by atoms with Gasteiger partial charge in [-0.15, -0.1) is 0 Å². The van der Waals surface area contributed by atoms with Crippen molar-refractivity contribution in [3.05, 3.63) is 242 Å². The number of hydrogen-bond acceptors (Lipinski definition) is 0. The second kappa shape index (κ2) is 14.4. The predicted octanol–water partition coefficient (Wildman–Crippen LogP) is 16.9. The molecular weight excluding hydrogens is 785 g/mol. The van der Waals surface area contributed by atoms with Crippen molar-refractivity contribution < 1.29 is 0 Å². The third-order valence-corrected chi connectivity index (χ3v) is 14.1. The maximum absolute atomic E-state index is 2.49. The van der Waals surface area contributed by atoms with Crippen molar-refractivity contribution in [1.29, 1.82) is 0 Å².